The minimum absolute atomic E-state index is 0. The molecule has 0 bridgehead atoms. The van der Waals surface area contributed by atoms with Crippen LogP contribution in [-0.2, 0) is 25.9 Å². The van der Waals surface area contributed by atoms with E-state index in [1.165, 1.54) is 31.7 Å². The summed E-state index contributed by atoms with van der Waals surface area (Å²) in [5, 5.41) is 0. The Morgan fingerprint density at radius 3 is 1.44 bits per heavy atom. The van der Waals surface area contributed by atoms with Gasteiger partial charge in [0.05, 0.1) is 0 Å². The molecule has 1 aliphatic carbocycles. The molecule has 0 radical (unpaired) electrons. The Labute approximate surface area is 223 Å². The van der Waals surface area contributed by atoms with E-state index >= 15 is 0 Å². The summed E-state index contributed by atoms with van der Waals surface area (Å²) in [7, 11) is 0. The molecule has 0 saturated heterocycles. The number of rotatable bonds is 4. The Kier molecular flexibility index (Phi) is 10.5. The van der Waals surface area contributed by atoms with Gasteiger partial charge in [0.2, 0.25) is 0 Å². The SMILES string of the molecule is CC(C)(C)C(C1=C(c2ccccc2)[C]([Ti+3])=CC1)(c1ccccc1)c1ccccc1.[Cl-].[Cl-].[Cl-]. The number of hydrogen-bond donors (Lipinski definition) is 0. The number of allylic oxidation sites excluding steroid dienone is 4. The Hall–Kier alpha value is -1.28. The summed E-state index contributed by atoms with van der Waals surface area (Å²) in [5.74, 6) is 0. The third-order valence-electron chi connectivity index (χ3n) is 6.14. The second-order valence-corrected chi connectivity index (χ2v) is 9.61. The second kappa shape index (κ2) is 11.7. The zero-order chi connectivity index (χ0) is 20.5. The van der Waals surface area contributed by atoms with Crippen LogP contribution in [0, 0.1) is 5.41 Å². The largest absolute Gasteiger partial charge is 1.00 e. The molecule has 0 heterocycles. The molecule has 0 aliphatic heterocycles. The van der Waals surface area contributed by atoms with E-state index in [0.29, 0.717) is 0 Å². The third kappa shape index (κ3) is 4.96. The van der Waals surface area contributed by atoms with E-state index in [2.05, 4.69) is 138 Å². The molecule has 1 aliphatic rings. The van der Waals surface area contributed by atoms with Gasteiger partial charge in [-0.15, -0.1) is 0 Å². The maximum absolute atomic E-state index is 2.41. The summed E-state index contributed by atoms with van der Waals surface area (Å²) in [5.41, 5.74) is 6.74. The first kappa shape index (κ1) is 28.8. The number of halogens is 3. The molecule has 32 heavy (non-hydrogen) atoms. The number of hydrogen-bond acceptors (Lipinski definition) is 0. The van der Waals surface area contributed by atoms with Crippen LogP contribution >= 0.6 is 0 Å². The monoisotopic (exact) mass is 516 g/mol. The summed E-state index contributed by atoms with van der Waals surface area (Å²) >= 11 is 2.26. The average Bonchev–Trinajstić information content (AvgIpc) is 3.11. The summed E-state index contributed by atoms with van der Waals surface area (Å²) in [4.78, 5) is 0. The zero-order valence-electron chi connectivity index (χ0n) is 18.6. The van der Waals surface area contributed by atoms with Gasteiger partial charge in [-0.1, -0.05) is 0 Å². The Morgan fingerprint density at radius 1 is 0.625 bits per heavy atom. The molecule has 0 unspecified atom stereocenters. The van der Waals surface area contributed by atoms with Gasteiger partial charge in [0.1, 0.15) is 0 Å². The second-order valence-electron chi connectivity index (χ2n) is 8.77. The van der Waals surface area contributed by atoms with E-state index in [0.717, 1.165) is 6.42 Å². The van der Waals surface area contributed by atoms with Crippen LogP contribution in [0.15, 0.2) is 107 Å². The molecular formula is C28H27Cl3Ti. The molecule has 3 aromatic rings. The van der Waals surface area contributed by atoms with Gasteiger partial charge < -0.3 is 37.2 Å². The number of benzene rings is 3. The van der Waals surface area contributed by atoms with Gasteiger partial charge in [0.15, 0.2) is 0 Å². The first-order chi connectivity index (χ1) is 14.0. The Bertz CT molecular complexity index is 1010. The molecule has 3 aromatic carbocycles. The van der Waals surface area contributed by atoms with Crippen molar-refractivity contribution < 1.29 is 57.7 Å². The van der Waals surface area contributed by atoms with Crippen LogP contribution in [-0.4, -0.2) is 0 Å². The minimum Gasteiger partial charge on any atom is -1.00 e. The maximum atomic E-state index is 2.41. The Morgan fingerprint density at radius 2 is 1.03 bits per heavy atom. The first-order valence-electron chi connectivity index (χ1n) is 10.3. The van der Waals surface area contributed by atoms with Gasteiger partial charge >= 0.3 is 187 Å². The van der Waals surface area contributed by atoms with E-state index in [9.17, 15) is 0 Å². The van der Waals surface area contributed by atoms with Gasteiger partial charge in [-0.05, 0) is 0 Å². The van der Waals surface area contributed by atoms with Gasteiger partial charge in [0, 0.05) is 0 Å². The molecule has 164 valence electrons. The van der Waals surface area contributed by atoms with Crippen LogP contribution in [0.3, 0.4) is 0 Å². The van der Waals surface area contributed by atoms with Gasteiger partial charge in [-0.3, -0.25) is 0 Å². The maximum Gasteiger partial charge on any atom is -1.00 e. The van der Waals surface area contributed by atoms with Crippen molar-refractivity contribution in [2.45, 2.75) is 32.6 Å². The van der Waals surface area contributed by atoms with Crippen molar-refractivity contribution >= 4 is 5.57 Å². The fraction of sp³-hybridized carbons (Fsp3) is 0.214. The fourth-order valence-electron chi connectivity index (χ4n) is 5.06. The van der Waals surface area contributed by atoms with Crippen molar-refractivity contribution in [3.8, 4) is 0 Å². The summed E-state index contributed by atoms with van der Waals surface area (Å²) in [6, 6.07) is 33.1. The quantitative estimate of drug-likeness (QED) is 0.363. The zero-order valence-corrected chi connectivity index (χ0v) is 22.4. The Balaban J connectivity index is 0.00000171. The average molecular weight is 518 g/mol. The molecule has 0 saturated carbocycles. The van der Waals surface area contributed by atoms with Gasteiger partial charge in [-0.25, -0.2) is 0 Å². The van der Waals surface area contributed by atoms with Crippen molar-refractivity contribution in [1.29, 1.82) is 0 Å². The molecule has 0 amide bonds. The topological polar surface area (TPSA) is 0 Å². The molecule has 4 rings (SSSR count). The van der Waals surface area contributed by atoms with Crippen molar-refractivity contribution in [1.82, 2.24) is 0 Å². The van der Waals surface area contributed by atoms with Crippen LogP contribution in [0.4, 0.5) is 0 Å². The molecule has 4 heteroatoms. The predicted octanol–water partition coefficient (Wildman–Crippen LogP) is -1.68. The van der Waals surface area contributed by atoms with Gasteiger partial charge in [0.25, 0.3) is 0 Å². The minimum atomic E-state index is -0.213. The molecular weight excluding hydrogens is 491 g/mol. The van der Waals surface area contributed by atoms with E-state index in [4.69, 9.17) is 0 Å². The van der Waals surface area contributed by atoms with Crippen LogP contribution < -0.4 is 37.2 Å². The molecule has 0 aromatic heterocycles. The van der Waals surface area contributed by atoms with Crippen LogP contribution in [0.25, 0.3) is 5.57 Å². The van der Waals surface area contributed by atoms with Crippen molar-refractivity contribution in [2.24, 2.45) is 5.41 Å². The van der Waals surface area contributed by atoms with E-state index < -0.39 is 0 Å². The van der Waals surface area contributed by atoms with E-state index in [1.54, 1.807) is 0 Å². The first-order valence-corrected chi connectivity index (χ1v) is 11.1. The molecule has 0 N–H and O–H groups in total. The molecule has 0 atom stereocenters. The summed E-state index contributed by atoms with van der Waals surface area (Å²) in [6.45, 7) is 7.16. The molecule has 0 spiro atoms. The smallest absolute Gasteiger partial charge is 1.00 e. The van der Waals surface area contributed by atoms with Crippen LogP contribution in [0.2, 0.25) is 0 Å². The summed E-state index contributed by atoms with van der Waals surface area (Å²) in [6.07, 6.45) is 3.39. The predicted molar refractivity (Wildman–Crippen MR) is 119 cm³/mol. The van der Waals surface area contributed by atoms with Gasteiger partial charge in [-0.2, -0.15) is 0 Å². The van der Waals surface area contributed by atoms with E-state index in [-0.39, 0.29) is 48.1 Å². The standard InChI is InChI=1S/C28H27.3ClH.Ti/c1-27(2,3)28(23-16-9-5-10-17-23,24-18-11-6-12-19-24)26-21-13-20-25(26)22-14-7-4-8-15-22;;;;/h4-19H,21H2,1-3H3;3*1H;/q;;;;+3/p-3. The molecule has 0 nitrogen and oxygen atoms in total. The van der Waals surface area contributed by atoms with Crippen LogP contribution in [0.5, 0.6) is 0 Å². The fourth-order valence-corrected chi connectivity index (χ4v) is 5.68. The van der Waals surface area contributed by atoms with E-state index in [1.807, 2.05) is 0 Å². The molecule has 0 fully saturated rings. The summed E-state index contributed by atoms with van der Waals surface area (Å²) < 4.78 is 1.38. The third-order valence-corrected chi connectivity index (χ3v) is 6.84. The van der Waals surface area contributed by atoms with Crippen molar-refractivity contribution in [3.05, 3.63) is 123 Å². The van der Waals surface area contributed by atoms with Crippen LogP contribution in [0.1, 0.15) is 43.9 Å². The normalized spacial score (nSPS) is 13.5. The van der Waals surface area contributed by atoms with Crippen molar-refractivity contribution in [2.75, 3.05) is 0 Å². The van der Waals surface area contributed by atoms with Crippen molar-refractivity contribution in [3.63, 3.8) is 0 Å².